The average Bonchev–Trinajstić information content (AvgIpc) is 3.00. The molecule has 1 aromatic heterocycles. The minimum atomic E-state index is -0.351. The second kappa shape index (κ2) is 5.88. The number of benzene rings is 2. The van der Waals surface area contributed by atoms with E-state index >= 15 is 0 Å². The van der Waals surface area contributed by atoms with E-state index in [2.05, 4.69) is 59.4 Å². The Morgan fingerprint density at radius 1 is 1.04 bits per heavy atom. The van der Waals surface area contributed by atoms with Crippen molar-refractivity contribution in [2.45, 2.75) is 32.9 Å². The Morgan fingerprint density at radius 2 is 1.80 bits per heavy atom. The molecule has 0 N–H and O–H groups in total. The first-order valence-electron chi connectivity index (χ1n) is 8.39. The van der Waals surface area contributed by atoms with Gasteiger partial charge in [0.15, 0.2) is 0 Å². The number of ether oxygens (including phenoxy) is 1. The molecule has 0 saturated heterocycles. The largest absolute Gasteiger partial charge is 0.486 e. The predicted molar refractivity (Wildman–Crippen MR) is 96.1 cm³/mol. The summed E-state index contributed by atoms with van der Waals surface area (Å²) in [5.41, 5.74) is 2.93. The lowest BCUT2D eigenvalue weighted by Gasteiger charge is -2.29. The van der Waals surface area contributed by atoms with Crippen molar-refractivity contribution in [2.24, 2.45) is 0 Å². The van der Waals surface area contributed by atoms with Crippen molar-refractivity contribution in [1.82, 2.24) is 20.2 Å². The smallest absolute Gasteiger partial charge is 0.250 e. The lowest BCUT2D eigenvalue weighted by Crippen LogP contribution is -2.41. The molecule has 1 aliphatic heterocycles. The zero-order chi connectivity index (χ0) is 17.4. The van der Waals surface area contributed by atoms with Crippen molar-refractivity contribution in [3.8, 4) is 11.4 Å². The number of aromatic nitrogens is 4. The van der Waals surface area contributed by atoms with Crippen LogP contribution in [0.3, 0.4) is 0 Å². The molecule has 4 rings (SSSR count). The first-order valence-corrected chi connectivity index (χ1v) is 8.39. The summed E-state index contributed by atoms with van der Waals surface area (Å²) in [6.45, 7) is 7.62. The van der Waals surface area contributed by atoms with Gasteiger partial charge < -0.3 is 9.64 Å². The third-order valence-corrected chi connectivity index (χ3v) is 4.31. The molecular weight excluding hydrogens is 314 g/mol. The van der Waals surface area contributed by atoms with Crippen molar-refractivity contribution in [3.05, 3.63) is 59.7 Å². The summed E-state index contributed by atoms with van der Waals surface area (Å²) < 4.78 is 8.00. The van der Waals surface area contributed by atoms with E-state index in [0.29, 0.717) is 13.1 Å². The molecule has 0 atom stereocenters. The molecule has 0 saturated carbocycles. The van der Waals surface area contributed by atoms with E-state index in [0.717, 1.165) is 22.9 Å². The molecule has 0 radical (unpaired) electrons. The number of anilines is 1. The monoisotopic (exact) mass is 335 g/mol. The quantitative estimate of drug-likeness (QED) is 0.720. The standard InChI is InChI=1S/C19H21N5O/c1-14-8-10-16(11-9-14)24-18(20-21-22-24)23-12-15-6-4-5-7-17(15)25-19(2,3)13-23/h4-11H,12-13H2,1-3H3. The summed E-state index contributed by atoms with van der Waals surface area (Å²) in [6, 6.07) is 16.3. The van der Waals surface area contributed by atoms with Crippen LogP contribution in [0.25, 0.3) is 5.69 Å². The SMILES string of the molecule is Cc1ccc(-n2nnnc2N2Cc3ccccc3OC(C)(C)C2)cc1. The molecule has 2 aromatic carbocycles. The highest BCUT2D eigenvalue weighted by molar-refractivity contribution is 5.45. The van der Waals surface area contributed by atoms with Gasteiger partial charge in [0.05, 0.1) is 12.2 Å². The van der Waals surface area contributed by atoms with Crippen LogP contribution in [0.2, 0.25) is 0 Å². The van der Waals surface area contributed by atoms with Crippen LogP contribution < -0.4 is 9.64 Å². The van der Waals surface area contributed by atoms with Crippen LogP contribution in [0.1, 0.15) is 25.0 Å². The molecule has 0 unspecified atom stereocenters. The van der Waals surface area contributed by atoms with Gasteiger partial charge in [-0.15, -0.1) is 0 Å². The number of nitrogens with zero attached hydrogens (tertiary/aromatic N) is 5. The fraction of sp³-hybridized carbons (Fsp3) is 0.316. The molecule has 6 heteroatoms. The van der Waals surface area contributed by atoms with E-state index in [1.165, 1.54) is 5.56 Å². The van der Waals surface area contributed by atoms with Gasteiger partial charge in [-0.25, -0.2) is 0 Å². The molecule has 0 bridgehead atoms. The van der Waals surface area contributed by atoms with Gasteiger partial charge in [0.1, 0.15) is 11.4 Å². The fourth-order valence-corrected chi connectivity index (χ4v) is 3.16. The highest BCUT2D eigenvalue weighted by atomic mass is 16.5. The summed E-state index contributed by atoms with van der Waals surface area (Å²) in [7, 11) is 0. The summed E-state index contributed by atoms with van der Waals surface area (Å²) in [4.78, 5) is 2.17. The van der Waals surface area contributed by atoms with E-state index in [1.807, 2.05) is 30.3 Å². The molecule has 0 fully saturated rings. The Bertz CT molecular complexity index is 885. The Kier molecular flexibility index (Phi) is 3.67. The number of fused-ring (bicyclic) bond motifs is 1. The summed E-state index contributed by atoms with van der Waals surface area (Å²) in [5, 5.41) is 12.4. The van der Waals surface area contributed by atoms with E-state index in [4.69, 9.17) is 4.74 Å². The Labute approximate surface area is 147 Å². The Morgan fingerprint density at radius 3 is 2.60 bits per heavy atom. The number of tetrazole rings is 1. The van der Waals surface area contributed by atoms with Crippen molar-refractivity contribution in [3.63, 3.8) is 0 Å². The van der Waals surface area contributed by atoms with Gasteiger partial charge in [0.2, 0.25) is 0 Å². The maximum atomic E-state index is 6.21. The third kappa shape index (κ3) is 3.07. The minimum Gasteiger partial charge on any atom is -0.486 e. The van der Waals surface area contributed by atoms with E-state index in [9.17, 15) is 0 Å². The van der Waals surface area contributed by atoms with Crippen LogP contribution in [-0.2, 0) is 6.54 Å². The Hall–Kier alpha value is -2.89. The number of para-hydroxylation sites is 1. The molecule has 128 valence electrons. The zero-order valence-electron chi connectivity index (χ0n) is 14.7. The first-order chi connectivity index (χ1) is 12.0. The molecule has 25 heavy (non-hydrogen) atoms. The highest BCUT2D eigenvalue weighted by Gasteiger charge is 2.31. The number of rotatable bonds is 2. The number of aryl methyl sites for hydroxylation is 1. The van der Waals surface area contributed by atoms with Crippen LogP contribution >= 0.6 is 0 Å². The average molecular weight is 335 g/mol. The lowest BCUT2D eigenvalue weighted by molar-refractivity contribution is 0.121. The highest BCUT2D eigenvalue weighted by Crippen LogP contribution is 2.31. The van der Waals surface area contributed by atoms with Gasteiger partial charge >= 0.3 is 0 Å². The maximum Gasteiger partial charge on any atom is 0.250 e. The van der Waals surface area contributed by atoms with E-state index in [1.54, 1.807) is 4.68 Å². The second-order valence-electron chi connectivity index (χ2n) is 7.05. The van der Waals surface area contributed by atoms with E-state index < -0.39 is 0 Å². The van der Waals surface area contributed by atoms with Crippen LogP contribution in [0.5, 0.6) is 5.75 Å². The molecule has 1 aliphatic rings. The van der Waals surface area contributed by atoms with Gasteiger partial charge in [-0.3, -0.25) is 0 Å². The molecule has 3 aromatic rings. The van der Waals surface area contributed by atoms with Crippen molar-refractivity contribution in [2.75, 3.05) is 11.4 Å². The van der Waals surface area contributed by atoms with Gasteiger partial charge in [-0.05, 0) is 49.4 Å². The van der Waals surface area contributed by atoms with E-state index in [-0.39, 0.29) is 5.60 Å². The number of hydrogen-bond donors (Lipinski definition) is 0. The predicted octanol–water partition coefficient (Wildman–Crippen LogP) is 3.15. The summed E-state index contributed by atoms with van der Waals surface area (Å²) in [5.74, 6) is 1.64. The molecular formula is C19H21N5O. The fourth-order valence-electron chi connectivity index (χ4n) is 3.16. The first kappa shape index (κ1) is 15.6. The van der Waals surface area contributed by atoms with Crippen LogP contribution in [0, 0.1) is 6.92 Å². The lowest BCUT2D eigenvalue weighted by atomic mass is 10.1. The van der Waals surface area contributed by atoms with Crippen molar-refractivity contribution >= 4 is 5.95 Å². The molecule has 6 nitrogen and oxygen atoms in total. The van der Waals surface area contributed by atoms with Gasteiger partial charge in [-0.2, -0.15) is 4.68 Å². The zero-order valence-corrected chi connectivity index (χ0v) is 14.7. The van der Waals surface area contributed by atoms with Crippen LogP contribution in [-0.4, -0.2) is 32.4 Å². The molecule has 2 heterocycles. The second-order valence-corrected chi connectivity index (χ2v) is 7.05. The van der Waals surface area contributed by atoms with Crippen LogP contribution in [0.15, 0.2) is 48.5 Å². The van der Waals surface area contributed by atoms with Gasteiger partial charge in [0.25, 0.3) is 5.95 Å². The minimum absolute atomic E-state index is 0.351. The Balaban J connectivity index is 1.75. The number of hydrogen-bond acceptors (Lipinski definition) is 5. The van der Waals surface area contributed by atoms with Crippen molar-refractivity contribution < 1.29 is 4.74 Å². The summed E-state index contributed by atoms with van der Waals surface area (Å²) >= 11 is 0. The maximum absolute atomic E-state index is 6.21. The topological polar surface area (TPSA) is 56.1 Å². The molecule has 0 amide bonds. The van der Waals surface area contributed by atoms with Gasteiger partial charge in [-0.1, -0.05) is 41.0 Å². The third-order valence-electron chi connectivity index (χ3n) is 4.31. The molecule has 0 spiro atoms. The molecule has 0 aliphatic carbocycles. The van der Waals surface area contributed by atoms with Gasteiger partial charge in [0, 0.05) is 12.1 Å². The normalized spacial score (nSPS) is 16.0. The summed E-state index contributed by atoms with van der Waals surface area (Å²) in [6.07, 6.45) is 0. The van der Waals surface area contributed by atoms with Crippen molar-refractivity contribution in [1.29, 1.82) is 0 Å². The van der Waals surface area contributed by atoms with Crippen LogP contribution in [0.4, 0.5) is 5.95 Å².